The summed E-state index contributed by atoms with van der Waals surface area (Å²) >= 11 is 0. The van der Waals surface area contributed by atoms with E-state index in [-0.39, 0.29) is 30.6 Å². The largest absolute Gasteiger partial charge is 0.352 e. The molecule has 1 rings (SSSR count). The van der Waals surface area contributed by atoms with Gasteiger partial charge >= 0.3 is 6.03 Å². The molecule has 5 nitrogen and oxygen atoms in total. The molecule has 0 aliphatic heterocycles. The second-order valence-corrected chi connectivity index (χ2v) is 4.88. The Balaban J connectivity index is 2.14. The molecule has 3 N–H and O–H groups in total. The first-order valence-corrected chi connectivity index (χ1v) is 6.41. The molecule has 0 aromatic rings. The highest BCUT2D eigenvalue weighted by Gasteiger charge is 2.15. The van der Waals surface area contributed by atoms with Crippen molar-refractivity contribution in [2.45, 2.75) is 58.0 Å². The molecule has 5 heteroatoms. The van der Waals surface area contributed by atoms with Gasteiger partial charge in [-0.2, -0.15) is 0 Å². The Bertz CT molecular complexity index is 260. The highest BCUT2D eigenvalue weighted by molar-refractivity contribution is 5.84. The standard InChI is InChI=1S/C12H23N3O2/c1-9(2)14-11(16)8-13-12(17)15-10-6-4-3-5-7-10/h9-10H,3-8H2,1-2H3,(H,14,16)(H2,13,15,17). The number of nitrogens with one attached hydrogen (secondary N) is 3. The Hall–Kier alpha value is -1.26. The van der Waals surface area contributed by atoms with Crippen molar-refractivity contribution in [3.8, 4) is 0 Å². The lowest BCUT2D eigenvalue weighted by Crippen LogP contribution is -2.47. The van der Waals surface area contributed by atoms with Crippen LogP contribution < -0.4 is 16.0 Å². The van der Waals surface area contributed by atoms with E-state index in [1.807, 2.05) is 13.8 Å². The summed E-state index contributed by atoms with van der Waals surface area (Å²) in [5.74, 6) is -0.154. The molecule has 1 saturated carbocycles. The number of urea groups is 1. The minimum absolute atomic E-state index is 0.0384. The maximum atomic E-state index is 11.5. The molecule has 0 unspecified atom stereocenters. The van der Waals surface area contributed by atoms with Crippen molar-refractivity contribution in [3.05, 3.63) is 0 Å². The van der Waals surface area contributed by atoms with E-state index in [2.05, 4.69) is 16.0 Å². The SMILES string of the molecule is CC(C)NC(=O)CNC(=O)NC1CCCCC1. The van der Waals surface area contributed by atoms with Crippen LogP contribution in [-0.4, -0.2) is 30.6 Å². The molecule has 0 aromatic heterocycles. The van der Waals surface area contributed by atoms with Gasteiger partial charge in [-0.1, -0.05) is 19.3 Å². The van der Waals surface area contributed by atoms with Crippen LogP contribution in [0.1, 0.15) is 46.0 Å². The van der Waals surface area contributed by atoms with Crippen LogP contribution >= 0.6 is 0 Å². The second-order valence-electron chi connectivity index (χ2n) is 4.88. The number of amides is 3. The molecule has 0 aromatic carbocycles. The summed E-state index contributed by atoms with van der Waals surface area (Å²) in [7, 11) is 0. The first-order valence-electron chi connectivity index (χ1n) is 6.41. The summed E-state index contributed by atoms with van der Waals surface area (Å²) in [6, 6.07) is 0.137. The van der Waals surface area contributed by atoms with E-state index in [1.165, 1.54) is 19.3 Å². The van der Waals surface area contributed by atoms with E-state index in [0.29, 0.717) is 0 Å². The van der Waals surface area contributed by atoms with Crippen molar-refractivity contribution in [1.82, 2.24) is 16.0 Å². The van der Waals surface area contributed by atoms with E-state index in [0.717, 1.165) is 12.8 Å². The van der Waals surface area contributed by atoms with Crippen LogP contribution in [0.3, 0.4) is 0 Å². The van der Waals surface area contributed by atoms with E-state index in [9.17, 15) is 9.59 Å². The lowest BCUT2D eigenvalue weighted by Gasteiger charge is -2.22. The monoisotopic (exact) mass is 241 g/mol. The molecule has 1 fully saturated rings. The Morgan fingerprint density at radius 2 is 1.82 bits per heavy atom. The smallest absolute Gasteiger partial charge is 0.315 e. The van der Waals surface area contributed by atoms with Crippen LogP contribution in [0.4, 0.5) is 4.79 Å². The molecule has 0 spiro atoms. The van der Waals surface area contributed by atoms with Gasteiger partial charge in [-0.25, -0.2) is 4.79 Å². The predicted octanol–water partition coefficient (Wildman–Crippen LogP) is 1.14. The van der Waals surface area contributed by atoms with Gasteiger partial charge in [0, 0.05) is 12.1 Å². The summed E-state index contributed by atoms with van der Waals surface area (Å²) in [6.07, 6.45) is 5.71. The minimum Gasteiger partial charge on any atom is -0.352 e. The van der Waals surface area contributed by atoms with Gasteiger partial charge in [0.2, 0.25) is 5.91 Å². The zero-order valence-electron chi connectivity index (χ0n) is 10.7. The lowest BCUT2D eigenvalue weighted by atomic mass is 9.96. The van der Waals surface area contributed by atoms with Gasteiger partial charge in [0.25, 0.3) is 0 Å². The van der Waals surface area contributed by atoms with Gasteiger partial charge in [0.1, 0.15) is 0 Å². The van der Waals surface area contributed by atoms with Gasteiger partial charge in [-0.3, -0.25) is 4.79 Å². The molecular weight excluding hydrogens is 218 g/mol. The summed E-state index contributed by atoms with van der Waals surface area (Å²) in [6.45, 7) is 3.82. The maximum absolute atomic E-state index is 11.5. The molecule has 0 atom stereocenters. The van der Waals surface area contributed by atoms with Crippen molar-refractivity contribution >= 4 is 11.9 Å². The van der Waals surface area contributed by atoms with Gasteiger partial charge < -0.3 is 16.0 Å². The normalized spacial score (nSPS) is 16.6. The van der Waals surface area contributed by atoms with Crippen LogP contribution in [0.2, 0.25) is 0 Å². The minimum atomic E-state index is -0.240. The van der Waals surface area contributed by atoms with Crippen molar-refractivity contribution in [1.29, 1.82) is 0 Å². The lowest BCUT2D eigenvalue weighted by molar-refractivity contribution is -0.120. The third kappa shape index (κ3) is 6.14. The molecule has 0 bridgehead atoms. The van der Waals surface area contributed by atoms with Crippen molar-refractivity contribution < 1.29 is 9.59 Å². The number of hydrogen-bond acceptors (Lipinski definition) is 2. The molecule has 0 saturated heterocycles. The third-order valence-corrected chi connectivity index (χ3v) is 2.80. The highest BCUT2D eigenvalue weighted by Crippen LogP contribution is 2.16. The van der Waals surface area contributed by atoms with Crippen molar-refractivity contribution in [2.24, 2.45) is 0 Å². The van der Waals surface area contributed by atoms with E-state index in [1.54, 1.807) is 0 Å². The van der Waals surface area contributed by atoms with E-state index < -0.39 is 0 Å². The summed E-state index contributed by atoms with van der Waals surface area (Å²) in [5, 5.41) is 8.19. The Morgan fingerprint density at radius 1 is 1.18 bits per heavy atom. The Kier molecular flexibility index (Phi) is 5.80. The molecular formula is C12H23N3O2. The van der Waals surface area contributed by atoms with Gasteiger partial charge in [-0.05, 0) is 26.7 Å². The van der Waals surface area contributed by atoms with Crippen LogP contribution in [0.5, 0.6) is 0 Å². The van der Waals surface area contributed by atoms with Gasteiger partial charge in [0.05, 0.1) is 6.54 Å². The number of hydrogen-bond donors (Lipinski definition) is 3. The Labute approximate surface area is 103 Å². The van der Waals surface area contributed by atoms with Gasteiger partial charge in [-0.15, -0.1) is 0 Å². The fourth-order valence-electron chi connectivity index (χ4n) is 2.02. The Morgan fingerprint density at radius 3 is 2.41 bits per heavy atom. The topological polar surface area (TPSA) is 70.2 Å². The molecule has 17 heavy (non-hydrogen) atoms. The summed E-state index contributed by atoms with van der Waals surface area (Å²) < 4.78 is 0. The molecule has 98 valence electrons. The van der Waals surface area contributed by atoms with Crippen LogP contribution in [0, 0.1) is 0 Å². The zero-order chi connectivity index (χ0) is 12.7. The maximum Gasteiger partial charge on any atom is 0.315 e. The van der Waals surface area contributed by atoms with Crippen molar-refractivity contribution in [3.63, 3.8) is 0 Å². The summed E-state index contributed by atoms with van der Waals surface area (Å²) in [4.78, 5) is 22.8. The molecule has 3 amide bonds. The van der Waals surface area contributed by atoms with Crippen molar-refractivity contribution in [2.75, 3.05) is 6.54 Å². The molecule has 0 radical (unpaired) electrons. The van der Waals surface area contributed by atoms with E-state index >= 15 is 0 Å². The van der Waals surface area contributed by atoms with E-state index in [4.69, 9.17) is 0 Å². The van der Waals surface area contributed by atoms with Crippen LogP contribution in [0.25, 0.3) is 0 Å². The average molecular weight is 241 g/mol. The van der Waals surface area contributed by atoms with Gasteiger partial charge in [0.15, 0.2) is 0 Å². The van der Waals surface area contributed by atoms with Crippen LogP contribution in [0.15, 0.2) is 0 Å². The zero-order valence-corrected chi connectivity index (χ0v) is 10.7. The second kappa shape index (κ2) is 7.14. The molecule has 0 heterocycles. The fourth-order valence-corrected chi connectivity index (χ4v) is 2.02. The predicted molar refractivity (Wildman–Crippen MR) is 66.7 cm³/mol. The number of rotatable bonds is 4. The summed E-state index contributed by atoms with van der Waals surface area (Å²) in [5.41, 5.74) is 0. The highest BCUT2D eigenvalue weighted by atomic mass is 16.2. The average Bonchev–Trinajstić information content (AvgIpc) is 2.27. The first kappa shape index (κ1) is 13.8. The number of carbonyl (C=O) groups excluding carboxylic acids is 2. The fraction of sp³-hybridized carbons (Fsp3) is 0.833. The third-order valence-electron chi connectivity index (χ3n) is 2.80. The molecule has 1 aliphatic carbocycles. The molecule has 1 aliphatic rings. The van der Waals surface area contributed by atoms with Crippen LogP contribution in [-0.2, 0) is 4.79 Å². The first-order chi connectivity index (χ1) is 8.08. The quantitative estimate of drug-likeness (QED) is 0.691. The number of carbonyl (C=O) groups is 2.